The van der Waals surface area contributed by atoms with Crippen LogP contribution in [0.5, 0.6) is 5.75 Å². The van der Waals surface area contributed by atoms with E-state index in [4.69, 9.17) is 4.74 Å². The Morgan fingerprint density at radius 2 is 1.53 bits per heavy atom. The Morgan fingerprint density at radius 1 is 0.906 bits per heavy atom. The van der Waals surface area contributed by atoms with Crippen LogP contribution in [0.3, 0.4) is 0 Å². The molecule has 2 aromatic rings. The van der Waals surface area contributed by atoms with E-state index in [9.17, 15) is 48.8 Å². The van der Waals surface area contributed by atoms with Gasteiger partial charge in [-0.05, 0) is 87.8 Å². The monoisotopic (exact) mass is 891 g/mol. The summed E-state index contributed by atoms with van der Waals surface area (Å²) in [5.74, 6) is -4.04. The molecule has 64 heavy (non-hydrogen) atoms. The highest BCUT2D eigenvalue weighted by molar-refractivity contribution is 6.00. The summed E-state index contributed by atoms with van der Waals surface area (Å²) in [5.41, 5.74) is 0.438. The highest BCUT2D eigenvalue weighted by Gasteiger charge is 2.47. The van der Waals surface area contributed by atoms with Crippen LogP contribution in [0.25, 0.3) is 0 Å². The van der Waals surface area contributed by atoms with Gasteiger partial charge >= 0.3 is 5.97 Å². The van der Waals surface area contributed by atoms with Gasteiger partial charge in [0, 0.05) is 30.8 Å². The summed E-state index contributed by atoms with van der Waals surface area (Å²) in [6.07, 6.45) is 4.16. The number of carboxylic acid groups (broad SMARTS) is 1. The molecule has 4 unspecified atom stereocenters. The standard InChI is InChI=1S/C46H65N7O11/c1-9-12-36(44(59)52(17-10-2)30(6)41(56)48-29(5)26-64-40-27(3)13-11-14-28(40)4)49-39(55)25-51(24-34-22-46(34,7)8)43(58)37(18-31-15-16-31)50-38(54)23-47-42(57)32-19-33(45(60)61)21-35(20-32)53(62)63/h11,13-14,19-21,29-31,34,36-37H,9-10,12,15-18,22-26H2,1-8H3,(H,47,57)(H,48,56)(H,49,55)(H,50,54)(H,60,61)/t29?,30-,34?,36?,37?/m1/s1. The normalized spacial score (nSPS) is 16.8. The summed E-state index contributed by atoms with van der Waals surface area (Å²) in [5, 5.41) is 31.6. The Morgan fingerprint density at radius 3 is 2.09 bits per heavy atom. The molecule has 350 valence electrons. The van der Waals surface area contributed by atoms with E-state index in [1.54, 1.807) is 6.92 Å². The predicted molar refractivity (Wildman–Crippen MR) is 237 cm³/mol. The van der Waals surface area contributed by atoms with Crippen molar-refractivity contribution in [1.82, 2.24) is 31.1 Å². The SMILES string of the molecule is CCCC(NC(=O)CN(CC1CC1(C)C)C(=O)C(CC1CC1)NC(=O)CNC(=O)c1cc(C(=O)O)cc([N+](=O)[O-])c1)C(=O)N(CCC)[C@H](C)C(=O)NC(C)COc1c(C)cccc1C. The van der Waals surface area contributed by atoms with Crippen molar-refractivity contribution in [3.8, 4) is 5.75 Å². The highest BCUT2D eigenvalue weighted by Crippen LogP contribution is 2.52. The van der Waals surface area contributed by atoms with Crippen LogP contribution >= 0.6 is 0 Å². The van der Waals surface area contributed by atoms with Gasteiger partial charge in [0.25, 0.3) is 11.6 Å². The third-order valence-corrected chi connectivity index (χ3v) is 11.8. The van der Waals surface area contributed by atoms with E-state index in [-0.39, 0.29) is 67.3 Å². The number of carbonyl (C=O) groups is 7. The van der Waals surface area contributed by atoms with Gasteiger partial charge in [-0.1, -0.05) is 65.2 Å². The van der Waals surface area contributed by atoms with Gasteiger partial charge in [0.15, 0.2) is 0 Å². The molecule has 0 radical (unpaired) electrons. The van der Waals surface area contributed by atoms with Crippen molar-refractivity contribution in [3.63, 3.8) is 0 Å². The average molecular weight is 892 g/mol. The number of nitro benzene ring substituents is 1. The Kier molecular flexibility index (Phi) is 17.8. The van der Waals surface area contributed by atoms with Crippen molar-refractivity contribution in [1.29, 1.82) is 0 Å². The Balaban J connectivity index is 1.44. The van der Waals surface area contributed by atoms with Crippen molar-refractivity contribution in [2.75, 3.05) is 32.8 Å². The molecule has 0 saturated heterocycles. The fourth-order valence-electron chi connectivity index (χ4n) is 7.67. The third-order valence-electron chi connectivity index (χ3n) is 11.8. The van der Waals surface area contributed by atoms with E-state index < -0.39 is 82.9 Å². The van der Waals surface area contributed by atoms with Crippen LogP contribution in [-0.4, -0.2) is 118 Å². The average Bonchev–Trinajstić information content (AvgIpc) is 4.17. The second-order valence-electron chi connectivity index (χ2n) is 18.0. The lowest BCUT2D eigenvalue weighted by Crippen LogP contribution is -2.58. The van der Waals surface area contributed by atoms with Gasteiger partial charge in [-0.3, -0.25) is 38.9 Å². The van der Waals surface area contributed by atoms with E-state index in [1.165, 1.54) is 9.80 Å². The number of ether oxygens (including phenoxy) is 1. The van der Waals surface area contributed by atoms with Crippen LogP contribution in [0.15, 0.2) is 36.4 Å². The maximum atomic E-state index is 14.4. The lowest BCUT2D eigenvalue weighted by Gasteiger charge is -2.33. The number of nitrogens with zero attached hydrogens (tertiary/aromatic N) is 3. The number of aromatic carboxylic acids is 1. The summed E-state index contributed by atoms with van der Waals surface area (Å²) < 4.78 is 6.04. The van der Waals surface area contributed by atoms with Gasteiger partial charge in [0.2, 0.25) is 29.5 Å². The number of carboxylic acids is 1. The molecule has 2 aliphatic rings. The minimum absolute atomic E-state index is 0.0763. The number of hydrogen-bond donors (Lipinski definition) is 5. The van der Waals surface area contributed by atoms with Gasteiger partial charge in [-0.25, -0.2) is 4.79 Å². The first-order chi connectivity index (χ1) is 30.1. The van der Waals surface area contributed by atoms with Crippen molar-refractivity contribution < 1.29 is 48.3 Å². The molecule has 2 fully saturated rings. The summed E-state index contributed by atoms with van der Waals surface area (Å²) in [7, 11) is 0. The molecule has 6 amide bonds. The second-order valence-corrected chi connectivity index (χ2v) is 18.0. The number of non-ortho nitro benzene ring substituents is 1. The van der Waals surface area contributed by atoms with Crippen LogP contribution in [-0.2, 0) is 24.0 Å². The number of carbonyl (C=O) groups excluding carboxylic acids is 6. The largest absolute Gasteiger partial charge is 0.491 e. The van der Waals surface area contributed by atoms with Crippen molar-refractivity contribution in [2.45, 2.75) is 125 Å². The highest BCUT2D eigenvalue weighted by atomic mass is 16.6. The van der Waals surface area contributed by atoms with Crippen molar-refractivity contribution in [2.24, 2.45) is 17.3 Å². The number of aryl methyl sites for hydroxylation is 2. The lowest BCUT2D eigenvalue weighted by molar-refractivity contribution is -0.384. The van der Waals surface area contributed by atoms with E-state index in [2.05, 4.69) is 35.1 Å². The first-order valence-electron chi connectivity index (χ1n) is 22.1. The van der Waals surface area contributed by atoms with Crippen LogP contribution in [0.2, 0.25) is 0 Å². The first-order valence-corrected chi connectivity index (χ1v) is 22.1. The summed E-state index contributed by atoms with van der Waals surface area (Å²) in [6.45, 7) is 14.9. The molecule has 2 aromatic carbocycles. The maximum Gasteiger partial charge on any atom is 0.335 e. The maximum absolute atomic E-state index is 14.4. The lowest BCUT2D eigenvalue weighted by atomic mass is 10.1. The molecule has 0 aromatic heterocycles. The fourth-order valence-corrected chi connectivity index (χ4v) is 7.67. The van der Waals surface area contributed by atoms with Crippen LogP contribution in [0.4, 0.5) is 5.69 Å². The van der Waals surface area contributed by atoms with E-state index in [0.29, 0.717) is 12.8 Å². The number of rotatable bonds is 25. The molecular formula is C46H65N7O11. The predicted octanol–water partition coefficient (Wildman–Crippen LogP) is 4.29. The molecule has 0 bridgehead atoms. The van der Waals surface area contributed by atoms with Crippen LogP contribution in [0.1, 0.15) is 118 Å². The van der Waals surface area contributed by atoms with Gasteiger partial charge in [-0.2, -0.15) is 0 Å². The van der Waals surface area contributed by atoms with E-state index >= 15 is 0 Å². The molecule has 2 aliphatic carbocycles. The van der Waals surface area contributed by atoms with Gasteiger partial charge in [-0.15, -0.1) is 0 Å². The molecular weight excluding hydrogens is 827 g/mol. The van der Waals surface area contributed by atoms with Crippen LogP contribution < -0.4 is 26.0 Å². The number of nitrogens with one attached hydrogen (secondary N) is 4. The summed E-state index contributed by atoms with van der Waals surface area (Å²) in [4.78, 5) is 107. The van der Waals surface area contributed by atoms with Gasteiger partial charge in [0.1, 0.15) is 30.5 Å². The Bertz CT molecular complexity index is 2020. The molecule has 18 heteroatoms. The number of benzene rings is 2. The zero-order valence-corrected chi connectivity index (χ0v) is 38.3. The number of nitro groups is 1. The molecule has 5 N–H and O–H groups in total. The third kappa shape index (κ3) is 14.5. The van der Waals surface area contributed by atoms with Gasteiger partial charge in [0.05, 0.1) is 29.6 Å². The Hall–Kier alpha value is -6.07. The van der Waals surface area contributed by atoms with Gasteiger partial charge < -0.3 is 40.9 Å². The molecule has 18 nitrogen and oxygen atoms in total. The molecule has 0 spiro atoms. The number of amides is 6. The minimum atomic E-state index is -1.48. The molecule has 2 saturated carbocycles. The van der Waals surface area contributed by atoms with E-state index in [0.717, 1.165) is 54.3 Å². The van der Waals surface area contributed by atoms with Crippen molar-refractivity contribution in [3.05, 3.63) is 68.8 Å². The number of para-hydroxylation sites is 1. The second kappa shape index (κ2) is 22.5. The smallest absolute Gasteiger partial charge is 0.335 e. The topological polar surface area (TPSA) is 247 Å². The molecule has 0 aliphatic heterocycles. The zero-order chi connectivity index (χ0) is 47.5. The number of hydrogen-bond acceptors (Lipinski definition) is 10. The minimum Gasteiger partial charge on any atom is -0.491 e. The van der Waals surface area contributed by atoms with E-state index in [1.807, 2.05) is 52.8 Å². The quantitative estimate of drug-likeness (QED) is 0.0695. The summed E-state index contributed by atoms with van der Waals surface area (Å²) >= 11 is 0. The first kappa shape index (κ1) is 50.6. The zero-order valence-electron chi connectivity index (χ0n) is 38.3. The van der Waals surface area contributed by atoms with Crippen molar-refractivity contribution >= 4 is 47.1 Å². The van der Waals surface area contributed by atoms with Crippen LogP contribution in [0, 0.1) is 41.2 Å². The molecule has 4 rings (SSSR count). The summed E-state index contributed by atoms with van der Waals surface area (Å²) in [6, 6.07) is 5.23. The molecule has 5 atom stereocenters. The fraction of sp³-hybridized carbons (Fsp3) is 0.587. The molecule has 0 heterocycles. The Labute approximate surface area is 374 Å².